The first-order chi connectivity index (χ1) is 11.5. The molecule has 0 spiro atoms. The molecule has 5 nitrogen and oxygen atoms in total. The van der Waals surface area contributed by atoms with E-state index in [9.17, 15) is 13.2 Å². The van der Waals surface area contributed by atoms with E-state index < -0.39 is 10.1 Å². The van der Waals surface area contributed by atoms with Crippen LogP contribution < -0.4 is 8.92 Å². The zero-order valence-electron chi connectivity index (χ0n) is 13.4. The maximum absolute atomic E-state index is 12.3. The predicted octanol–water partition coefficient (Wildman–Crippen LogP) is 3.46. The average Bonchev–Trinajstić information content (AvgIpc) is 2.61. The molecule has 0 N–H and O–H groups in total. The fourth-order valence-corrected chi connectivity index (χ4v) is 2.88. The Bertz CT molecular complexity index is 839. The van der Waals surface area contributed by atoms with E-state index >= 15 is 0 Å². The van der Waals surface area contributed by atoms with E-state index in [1.54, 1.807) is 43.3 Å². The summed E-state index contributed by atoms with van der Waals surface area (Å²) in [6.45, 7) is 1.78. The fourth-order valence-electron chi connectivity index (χ4n) is 1.92. The highest BCUT2D eigenvalue weighted by atomic mass is 32.2. The van der Waals surface area contributed by atoms with E-state index in [1.165, 1.54) is 31.4 Å². The Hall–Kier alpha value is -2.60. The zero-order valence-corrected chi connectivity index (χ0v) is 14.2. The molecular formula is C18H18O5S. The normalized spacial score (nSPS) is 11.4. The van der Waals surface area contributed by atoms with Crippen LogP contribution >= 0.6 is 0 Å². The molecule has 0 aromatic heterocycles. The number of benzene rings is 2. The van der Waals surface area contributed by atoms with Gasteiger partial charge in [0.15, 0.2) is 17.3 Å². The summed E-state index contributed by atoms with van der Waals surface area (Å²) >= 11 is 0. The van der Waals surface area contributed by atoms with Gasteiger partial charge in [0.1, 0.15) is 4.90 Å². The van der Waals surface area contributed by atoms with Crippen molar-refractivity contribution in [1.29, 1.82) is 0 Å². The van der Waals surface area contributed by atoms with Gasteiger partial charge in [0.2, 0.25) is 0 Å². The van der Waals surface area contributed by atoms with Gasteiger partial charge >= 0.3 is 10.1 Å². The summed E-state index contributed by atoms with van der Waals surface area (Å²) in [5, 5.41) is 0. The third-order valence-corrected chi connectivity index (χ3v) is 4.48. The molecule has 24 heavy (non-hydrogen) atoms. The first kappa shape index (κ1) is 17.7. The van der Waals surface area contributed by atoms with Gasteiger partial charge in [-0.25, -0.2) is 0 Å². The van der Waals surface area contributed by atoms with Gasteiger partial charge < -0.3 is 8.92 Å². The Balaban J connectivity index is 2.28. The van der Waals surface area contributed by atoms with Crippen LogP contribution in [0.2, 0.25) is 0 Å². The Morgan fingerprint density at radius 2 is 1.79 bits per heavy atom. The Morgan fingerprint density at radius 3 is 2.42 bits per heavy atom. The van der Waals surface area contributed by atoms with Crippen molar-refractivity contribution in [1.82, 2.24) is 0 Å². The summed E-state index contributed by atoms with van der Waals surface area (Å²) < 4.78 is 34.9. The van der Waals surface area contributed by atoms with Gasteiger partial charge in [0.25, 0.3) is 0 Å². The number of ketones is 1. The zero-order chi connectivity index (χ0) is 17.6. The number of methoxy groups -OCH3 is 1. The standard InChI is InChI=1S/C18H18O5S/c1-3-15(19)11-9-14-10-12-17(18(13-14)22-2)23-24(20,21)16-7-5-4-6-8-16/h4-13H,3H2,1-2H3/b11-9+. The molecule has 0 atom stereocenters. The van der Waals surface area contributed by atoms with Gasteiger partial charge in [0, 0.05) is 6.42 Å². The van der Waals surface area contributed by atoms with Crippen molar-refractivity contribution >= 4 is 22.0 Å². The van der Waals surface area contributed by atoms with Crippen LogP contribution in [0.1, 0.15) is 18.9 Å². The molecule has 0 aliphatic carbocycles. The highest BCUT2D eigenvalue weighted by Crippen LogP contribution is 2.31. The SMILES string of the molecule is CCC(=O)/C=C/c1ccc(OS(=O)(=O)c2ccccc2)c(OC)c1. The minimum atomic E-state index is -3.94. The molecule has 6 heteroatoms. The third-order valence-electron chi connectivity index (χ3n) is 3.23. The molecule has 0 amide bonds. The lowest BCUT2D eigenvalue weighted by atomic mass is 10.1. The maximum atomic E-state index is 12.3. The quantitative estimate of drug-likeness (QED) is 0.567. The molecule has 0 saturated heterocycles. The number of carbonyl (C=O) groups is 1. The predicted molar refractivity (Wildman–Crippen MR) is 91.6 cm³/mol. The smallest absolute Gasteiger partial charge is 0.339 e. The lowest BCUT2D eigenvalue weighted by Crippen LogP contribution is -2.10. The Labute approximate surface area is 141 Å². The highest BCUT2D eigenvalue weighted by molar-refractivity contribution is 7.87. The van der Waals surface area contributed by atoms with E-state index in [2.05, 4.69) is 0 Å². The van der Waals surface area contributed by atoms with Crippen LogP contribution in [0.5, 0.6) is 11.5 Å². The topological polar surface area (TPSA) is 69.7 Å². The average molecular weight is 346 g/mol. The number of ether oxygens (including phenoxy) is 1. The van der Waals surface area contributed by atoms with Crippen molar-refractivity contribution in [3.8, 4) is 11.5 Å². The molecule has 126 valence electrons. The highest BCUT2D eigenvalue weighted by Gasteiger charge is 2.18. The van der Waals surface area contributed by atoms with Crippen molar-refractivity contribution in [3.05, 3.63) is 60.2 Å². The van der Waals surface area contributed by atoms with Crippen LogP contribution in [0.25, 0.3) is 6.08 Å². The van der Waals surface area contributed by atoms with E-state index in [4.69, 9.17) is 8.92 Å². The second-order valence-corrected chi connectivity index (χ2v) is 6.46. The lowest BCUT2D eigenvalue weighted by molar-refractivity contribution is -0.114. The third kappa shape index (κ3) is 4.45. The van der Waals surface area contributed by atoms with Gasteiger partial charge in [-0.3, -0.25) is 4.79 Å². The number of rotatable bonds is 7. The van der Waals surface area contributed by atoms with Gasteiger partial charge in [0.05, 0.1) is 7.11 Å². The lowest BCUT2D eigenvalue weighted by Gasteiger charge is -2.11. The van der Waals surface area contributed by atoms with Crippen molar-refractivity contribution in [3.63, 3.8) is 0 Å². The molecule has 2 rings (SSSR count). The van der Waals surface area contributed by atoms with Crippen molar-refractivity contribution < 1.29 is 22.1 Å². The molecule has 0 radical (unpaired) electrons. The van der Waals surface area contributed by atoms with E-state index in [0.29, 0.717) is 12.0 Å². The van der Waals surface area contributed by atoms with Gasteiger partial charge in [-0.15, -0.1) is 0 Å². The second-order valence-electron chi connectivity index (χ2n) is 4.91. The molecular weight excluding hydrogens is 328 g/mol. The monoisotopic (exact) mass is 346 g/mol. The van der Waals surface area contributed by atoms with Crippen LogP contribution in [0, 0.1) is 0 Å². The first-order valence-corrected chi connectivity index (χ1v) is 8.75. The number of hydrogen-bond donors (Lipinski definition) is 0. The van der Waals surface area contributed by atoms with Gasteiger partial charge in [-0.2, -0.15) is 8.42 Å². The van der Waals surface area contributed by atoms with E-state index in [1.807, 2.05) is 0 Å². The summed E-state index contributed by atoms with van der Waals surface area (Å²) in [7, 11) is -2.52. The maximum Gasteiger partial charge on any atom is 0.339 e. The molecule has 0 heterocycles. The fraction of sp³-hybridized carbons (Fsp3) is 0.167. The minimum Gasteiger partial charge on any atom is -0.493 e. The summed E-state index contributed by atoms with van der Waals surface area (Å²) in [5.41, 5.74) is 0.707. The second kappa shape index (κ2) is 7.79. The van der Waals surface area contributed by atoms with Crippen LogP contribution in [0.3, 0.4) is 0 Å². The van der Waals surface area contributed by atoms with E-state index in [-0.39, 0.29) is 22.2 Å². The molecule has 0 bridgehead atoms. The molecule has 2 aromatic carbocycles. The van der Waals surface area contributed by atoms with Crippen LogP contribution in [0.15, 0.2) is 59.5 Å². The molecule has 0 aliphatic heterocycles. The molecule has 0 fully saturated rings. The number of hydrogen-bond acceptors (Lipinski definition) is 5. The summed E-state index contributed by atoms with van der Waals surface area (Å²) in [6.07, 6.45) is 3.53. The summed E-state index contributed by atoms with van der Waals surface area (Å²) in [6, 6.07) is 12.6. The molecule has 0 saturated carbocycles. The largest absolute Gasteiger partial charge is 0.493 e. The first-order valence-electron chi connectivity index (χ1n) is 7.34. The molecule has 2 aromatic rings. The number of allylic oxidation sites excluding steroid dienone is 1. The molecule has 0 aliphatic rings. The summed E-state index contributed by atoms with van der Waals surface area (Å²) in [4.78, 5) is 11.4. The molecule has 0 unspecified atom stereocenters. The van der Waals surface area contributed by atoms with Crippen LogP contribution in [-0.4, -0.2) is 21.3 Å². The number of carbonyl (C=O) groups excluding carboxylic acids is 1. The summed E-state index contributed by atoms with van der Waals surface area (Å²) in [5.74, 6) is 0.349. The van der Waals surface area contributed by atoms with E-state index in [0.717, 1.165) is 0 Å². The van der Waals surface area contributed by atoms with Gasteiger partial charge in [-0.1, -0.05) is 37.3 Å². The van der Waals surface area contributed by atoms with Crippen molar-refractivity contribution in [2.24, 2.45) is 0 Å². The minimum absolute atomic E-state index is 0.000878. The van der Waals surface area contributed by atoms with Crippen LogP contribution in [-0.2, 0) is 14.9 Å². The Morgan fingerprint density at radius 1 is 1.08 bits per heavy atom. The van der Waals surface area contributed by atoms with Gasteiger partial charge in [-0.05, 0) is 35.9 Å². The van der Waals surface area contributed by atoms with Crippen molar-refractivity contribution in [2.75, 3.05) is 7.11 Å². The van der Waals surface area contributed by atoms with Crippen LogP contribution in [0.4, 0.5) is 0 Å². The Kier molecular flexibility index (Phi) is 5.76. The van der Waals surface area contributed by atoms with Crippen molar-refractivity contribution in [2.45, 2.75) is 18.2 Å².